The van der Waals surface area contributed by atoms with Crippen LogP contribution in [0.25, 0.3) is 0 Å². The van der Waals surface area contributed by atoms with Gasteiger partial charge in [0.1, 0.15) is 0 Å². The van der Waals surface area contributed by atoms with Gasteiger partial charge in [-0.2, -0.15) is 12.2 Å². The fourth-order valence-electron chi connectivity index (χ4n) is 1.51. The first-order valence-corrected chi connectivity index (χ1v) is 11.9. The van der Waals surface area contributed by atoms with Gasteiger partial charge in [-0.25, -0.2) is 23.3 Å². The molecule has 92 valence electrons. The molecular formula is C14H18Cl2Zr. The fourth-order valence-corrected chi connectivity index (χ4v) is 1.51. The van der Waals surface area contributed by atoms with Gasteiger partial charge in [0.15, 0.2) is 0 Å². The summed E-state index contributed by atoms with van der Waals surface area (Å²) < 4.78 is 0. The summed E-state index contributed by atoms with van der Waals surface area (Å²) >= 11 is -0.826. The van der Waals surface area contributed by atoms with E-state index in [0.717, 1.165) is 0 Å². The predicted molar refractivity (Wildman–Crippen MR) is 73.2 cm³/mol. The van der Waals surface area contributed by atoms with Crippen LogP contribution in [0.15, 0.2) is 35.5 Å². The van der Waals surface area contributed by atoms with E-state index in [1.807, 2.05) is 0 Å². The van der Waals surface area contributed by atoms with Crippen molar-refractivity contribution < 1.29 is 20.8 Å². The Kier molecular flexibility index (Phi) is 10.6. The number of halogens is 2. The molecule has 2 rings (SSSR count). The van der Waals surface area contributed by atoms with E-state index in [0.29, 0.717) is 11.8 Å². The molecule has 2 aliphatic rings. The van der Waals surface area contributed by atoms with Gasteiger partial charge >= 0.3 is 37.9 Å². The van der Waals surface area contributed by atoms with Crippen LogP contribution >= 0.6 is 17.0 Å². The van der Waals surface area contributed by atoms with E-state index < -0.39 is 20.8 Å². The molecule has 0 spiro atoms. The molecule has 0 aromatic rings. The van der Waals surface area contributed by atoms with Crippen molar-refractivity contribution in [2.75, 3.05) is 0 Å². The molecule has 0 aromatic heterocycles. The van der Waals surface area contributed by atoms with Gasteiger partial charge < -0.3 is 0 Å². The fraction of sp³-hybridized carbons (Fsp3) is 0.429. The second-order valence-electron chi connectivity index (χ2n) is 4.11. The van der Waals surface area contributed by atoms with Crippen LogP contribution in [0.4, 0.5) is 0 Å². The zero-order chi connectivity index (χ0) is 13.3. The van der Waals surface area contributed by atoms with Crippen molar-refractivity contribution >= 4 is 17.0 Å². The van der Waals surface area contributed by atoms with E-state index in [4.69, 9.17) is 17.0 Å². The van der Waals surface area contributed by atoms with Crippen LogP contribution in [0, 0.1) is 24.0 Å². The van der Waals surface area contributed by atoms with Crippen molar-refractivity contribution in [2.24, 2.45) is 11.8 Å². The van der Waals surface area contributed by atoms with Crippen LogP contribution < -0.4 is 0 Å². The van der Waals surface area contributed by atoms with Crippen LogP contribution in [0.2, 0.25) is 0 Å². The van der Waals surface area contributed by atoms with Crippen LogP contribution in [-0.2, 0) is 20.8 Å². The molecule has 0 saturated carbocycles. The normalized spacial score (nSPS) is 23.9. The average Bonchev–Trinajstić information content (AvgIpc) is 2.78. The quantitative estimate of drug-likeness (QED) is 0.524. The molecule has 2 aliphatic carbocycles. The summed E-state index contributed by atoms with van der Waals surface area (Å²) in [5, 5.41) is 0. The summed E-state index contributed by atoms with van der Waals surface area (Å²) in [6.45, 7) is 8.45. The molecule has 17 heavy (non-hydrogen) atoms. The van der Waals surface area contributed by atoms with Gasteiger partial charge in [0.05, 0.1) is 0 Å². The maximum absolute atomic E-state index is 4.93. The number of hydrogen-bond acceptors (Lipinski definition) is 0. The first-order chi connectivity index (χ1) is 7.99. The molecule has 0 fully saturated rings. The van der Waals surface area contributed by atoms with E-state index >= 15 is 0 Å². The van der Waals surface area contributed by atoms with Gasteiger partial charge in [0.25, 0.3) is 0 Å². The van der Waals surface area contributed by atoms with Gasteiger partial charge in [-0.05, 0) is 0 Å². The summed E-state index contributed by atoms with van der Waals surface area (Å²) in [6.07, 6.45) is 14.8. The molecular weight excluding hydrogens is 330 g/mol. The summed E-state index contributed by atoms with van der Waals surface area (Å²) in [4.78, 5) is 0. The van der Waals surface area contributed by atoms with Crippen molar-refractivity contribution in [1.29, 1.82) is 0 Å². The molecule has 0 aromatic carbocycles. The van der Waals surface area contributed by atoms with E-state index in [1.165, 1.54) is 11.1 Å². The molecule has 0 nitrogen and oxygen atoms in total. The van der Waals surface area contributed by atoms with Crippen molar-refractivity contribution in [2.45, 2.75) is 27.7 Å². The molecule has 0 bridgehead atoms. The Labute approximate surface area is 124 Å². The third kappa shape index (κ3) is 10.1. The third-order valence-corrected chi connectivity index (χ3v) is 2.17. The molecule has 0 saturated heterocycles. The second kappa shape index (κ2) is 10.4. The SMILES string of the molecule is CC1=CC(C)C=[C-]1.CC1=CC(C)C=[C-]1.[Cl][Zr+2][Cl]. The Morgan fingerprint density at radius 2 is 1.24 bits per heavy atom. The van der Waals surface area contributed by atoms with E-state index in [2.05, 4.69) is 64.2 Å². The van der Waals surface area contributed by atoms with Crippen LogP contribution in [0.5, 0.6) is 0 Å². The predicted octanol–water partition coefficient (Wildman–Crippen LogP) is 5.26. The summed E-state index contributed by atoms with van der Waals surface area (Å²) in [7, 11) is 9.87. The molecule has 0 heterocycles. The molecule has 0 aliphatic heterocycles. The Balaban J connectivity index is 0.000000247. The molecule has 0 N–H and O–H groups in total. The average molecular weight is 348 g/mol. The van der Waals surface area contributed by atoms with E-state index in [-0.39, 0.29) is 0 Å². The Hall–Kier alpha value is 0.423. The second-order valence-corrected chi connectivity index (χ2v) is 7.84. The first-order valence-electron chi connectivity index (χ1n) is 5.52. The van der Waals surface area contributed by atoms with Crippen LogP contribution in [-0.4, -0.2) is 0 Å². The van der Waals surface area contributed by atoms with Gasteiger partial charge in [0, 0.05) is 0 Å². The molecule has 2 unspecified atom stereocenters. The van der Waals surface area contributed by atoms with Crippen molar-refractivity contribution in [1.82, 2.24) is 0 Å². The van der Waals surface area contributed by atoms with E-state index in [9.17, 15) is 0 Å². The van der Waals surface area contributed by atoms with Crippen LogP contribution in [0.1, 0.15) is 27.7 Å². The van der Waals surface area contributed by atoms with Crippen molar-refractivity contribution in [3.63, 3.8) is 0 Å². The third-order valence-electron chi connectivity index (χ3n) is 2.17. The number of rotatable bonds is 0. The van der Waals surface area contributed by atoms with Crippen molar-refractivity contribution in [3.05, 3.63) is 47.6 Å². The van der Waals surface area contributed by atoms with Gasteiger partial charge in [-0.1, -0.05) is 39.5 Å². The molecule has 0 amide bonds. The topological polar surface area (TPSA) is 0 Å². The van der Waals surface area contributed by atoms with Gasteiger partial charge in [-0.15, -0.1) is 0 Å². The summed E-state index contributed by atoms with van der Waals surface area (Å²) in [5.41, 5.74) is 2.54. The van der Waals surface area contributed by atoms with Gasteiger partial charge in [-0.3, -0.25) is 12.2 Å². The first kappa shape index (κ1) is 17.4. The van der Waals surface area contributed by atoms with Gasteiger partial charge in [0.2, 0.25) is 0 Å². The number of hydrogen-bond donors (Lipinski definition) is 0. The van der Waals surface area contributed by atoms with Crippen LogP contribution in [0.3, 0.4) is 0 Å². The Morgan fingerprint density at radius 1 is 0.941 bits per heavy atom. The molecule has 3 heteroatoms. The zero-order valence-corrected chi connectivity index (χ0v) is 14.7. The zero-order valence-electron chi connectivity index (χ0n) is 10.7. The monoisotopic (exact) mass is 346 g/mol. The molecule has 2 atom stereocenters. The minimum atomic E-state index is -0.826. The Morgan fingerprint density at radius 3 is 1.29 bits per heavy atom. The Bertz CT molecular complexity index is 295. The summed E-state index contributed by atoms with van der Waals surface area (Å²) in [5.74, 6) is 1.25. The van der Waals surface area contributed by atoms with Crippen molar-refractivity contribution in [3.8, 4) is 0 Å². The molecule has 0 radical (unpaired) electrons. The minimum absolute atomic E-state index is 0.625. The maximum atomic E-state index is 4.93. The number of allylic oxidation sites excluding steroid dienone is 8. The summed E-state index contributed by atoms with van der Waals surface area (Å²) in [6, 6.07) is 0. The standard InChI is InChI=1S/2C7H9.2ClH.Zr/c2*1-6-3-4-7(2)5-6;;;/h2*3,5-6H,1-2H3;2*1H;/q2*-1;;;+4/p-2. The van der Waals surface area contributed by atoms with E-state index in [1.54, 1.807) is 0 Å².